The van der Waals surface area contributed by atoms with E-state index in [1.54, 1.807) is 18.2 Å². The van der Waals surface area contributed by atoms with Crippen LogP contribution in [0.15, 0.2) is 41.3 Å². The van der Waals surface area contributed by atoms with Gasteiger partial charge in [0.15, 0.2) is 5.94 Å². The molecule has 1 heterocycles. The molecule has 0 bridgehead atoms. The van der Waals surface area contributed by atoms with Crippen LogP contribution in [0.5, 0.6) is 11.5 Å². The number of ether oxygens (including phenoxy) is 3. The molecule has 0 aliphatic carbocycles. The highest BCUT2D eigenvalue weighted by atomic mass is 32.2. The monoisotopic (exact) mass is 509 g/mol. The van der Waals surface area contributed by atoms with Crippen molar-refractivity contribution in [3.8, 4) is 11.5 Å². The summed E-state index contributed by atoms with van der Waals surface area (Å²) in [7, 11) is -2.07. The van der Waals surface area contributed by atoms with Crippen molar-refractivity contribution in [3.63, 3.8) is 0 Å². The third-order valence-electron chi connectivity index (χ3n) is 5.97. The Morgan fingerprint density at radius 2 is 2.00 bits per heavy atom. The van der Waals surface area contributed by atoms with Crippen molar-refractivity contribution in [2.75, 3.05) is 32.7 Å². The molecule has 3 unspecified atom stereocenters. The van der Waals surface area contributed by atoms with E-state index in [1.807, 2.05) is 6.92 Å². The van der Waals surface area contributed by atoms with Gasteiger partial charge in [-0.15, -0.1) is 0 Å². The first kappa shape index (κ1) is 27.4. The minimum atomic E-state index is -3.57. The number of aliphatic hydroxyl groups excluding tert-OH is 2. The number of rotatable bonds is 13. The van der Waals surface area contributed by atoms with Crippen LogP contribution < -0.4 is 10.1 Å². The van der Waals surface area contributed by atoms with E-state index in [-0.39, 0.29) is 41.9 Å². The Kier molecular flexibility index (Phi) is 9.90. The normalized spacial score (nSPS) is 19.1. The summed E-state index contributed by atoms with van der Waals surface area (Å²) in [6.45, 7) is 2.80. The number of hydrogen-bond acceptors (Lipinski definition) is 9. The lowest BCUT2D eigenvalue weighted by molar-refractivity contribution is 0.0415. The van der Waals surface area contributed by atoms with Crippen LogP contribution in [0.3, 0.4) is 0 Å². The lowest BCUT2D eigenvalue weighted by Gasteiger charge is -2.19. The van der Waals surface area contributed by atoms with E-state index >= 15 is 0 Å². The molecule has 1 aliphatic heterocycles. The van der Waals surface area contributed by atoms with Crippen LogP contribution in [-0.2, 0) is 25.9 Å². The maximum absolute atomic E-state index is 12.5. The predicted octanol–water partition coefficient (Wildman–Crippen LogP) is 2.59. The zero-order valence-electron chi connectivity index (χ0n) is 20.1. The van der Waals surface area contributed by atoms with Crippen molar-refractivity contribution in [2.24, 2.45) is 0 Å². The second kappa shape index (κ2) is 12.7. The van der Waals surface area contributed by atoms with Crippen molar-refractivity contribution in [2.45, 2.75) is 56.0 Å². The second-order valence-corrected chi connectivity index (χ2v) is 10.5. The van der Waals surface area contributed by atoms with Gasteiger partial charge in [0.25, 0.3) is 0 Å². The van der Waals surface area contributed by atoms with Crippen LogP contribution in [0.2, 0.25) is 0 Å². The molecule has 1 aliphatic rings. The number of nitrogens with one attached hydrogen (secondary N) is 1. The minimum Gasteiger partial charge on any atom is -0.508 e. The Morgan fingerprint density at radius 3 is 2.71 bits per heavy atom. The largest absolute Gasteiger partial charge is 0.508 e. The van der Waals surface area contributed by atoms with Gasteiger partial charge in [0.05, 0.1) is 36.9 Å². The number of methoxy groups -OCH3 is 1. The molecule has 35 heavy (non-hydrogen) atoms. The van der Waals surface area contributed by atoms with Crippen LogP contribution in [-0.4, -0.2) is 62.6 Å². The Balaban J connectivity index is 1.56. The van der Waals surface area contributed by atoms with Gasteiger partial charge in [-0.2, -0.15) is 0 Å². The van der Waals surface area contributed by atoms with Gasteiger partial charge in [-0.3, -0.25) is 0 Å². The number of benzene rings is 2. The first-order valence-electron chi connectivity index (χ1n) is 11.7. The maximum atomic E-state index is 12.5. The third kappa shape index (κ3) is 7.16. The van der Waals surface area contributed by atoms with Crippen molar-refractivity contribution in [3.05, 3.63) is 53.1 Å². The highest BCUT2D eigenvalue weighted by Gasteiger charge is 2.29. The molecule has 3 rings (SSSR count). The van der Waals surface area contributed by atoms with Crippen molar-refractivity contribution >= 4 is 9.84 Å². The number of aliphatic hydroxyl groups is 2. The average molecular weight is 510 g/mol. The van der Waals surface area contributed by atoms with Crippen LogP contribution in [0.4, 0.5) is 0 Å². The highest BCUT2D eigenvalue weighted by Crippen LogP contribution is 2.38. The Morgan fingerprint density at radius 1 is 1.20 bits per heavy atom. The van der Waals surface area contributed by atoms with Gasteiger partial charge in [-0.05, 0) is 54.7 Å². The van der Waals surface area contributed by atoms with Crippen molar-refractivity contribution in [1.82, 2.24) is 5.32 Å². The van der Waals surface area contributed by atoms with Gasteiger partial charge >= 0.3 is 0 Å². The molecule has 0 aromatic heterocycles. The summed E-state index contributed by atoms with van der Waals surface area (Å²) in [5.41, 5.74) is 1.83. The van der Waals surface area contributed by atoms with Gasteiger partial charge in [-0.1, -0.05) is 19.1 Å². The van der Waals surface area contributed by atoms with Crippen LogP contribution in [0, 0.1) is 0 Å². The van der Waals surface area contributed by atoms with E-state index < -0.39 is 15.9 Å². The molecule has 2 aromatic rings. The predicted molar refractivity (Wildman–Crippen MR) is 130 cm³/mol. The molecule has 1 fully saturated rings. The van der Waals surface area contributed by atoms with E-state index in [0.717, 1.165) is 24.8 Å². The molecule has 4 N–H and O–H groups in total. The summed E-state index contributed by atoms with van der Waals surface area (Å²) >= 11 is 0. The van der Waals surface area contributed by atoms with Crippen molar-refractivity contribution in [1.29, 1.82) is 0 Å². The minimum absolute atomic E-state index is 0.0363. The van der Waals surface area contributed by atoms with Gasteiger partial charge in [-0.25, -0.2) is 8.42 Å². The standard InChI is InChI=1S/C25H35NO8S/c1-3-10-33-16-35(30,31)20-6-8-22(25(12-20)32-2)24-9-5-19(34-24)13-26-14-23(29)21-7-4-18(28)11-17(21)15-27/h4,6-8,11-12,19,23-24,26-29H,3,5,9-10,13-16H2,1-2H3. The van der Waals surface area contributed by atoms with Gasteiger partial charge in [0.2, 0.25) is 9.84 Å². The SMILES string of the molecule is CCCOCS(=O)(=O)c1ccc(C2CCC(CNCC(O)c3ccc(O)cc3CO)O2)c(OC)c1. The average Bonchev–Trinajstić information content (AvgIpc) is 3.32. The van der Waals surface area contributed by atoms with Crippen LogP contribution in [0.25, 0.3) is 0 Å². The summed E-state index contributed by atoms with van der Waals surface area (Å²) in [5.74, 6) is 0.126. The zero-order chi connectivity index (χ0) is 25.4. The smallest absolute Gasteiger partial charge is 0.202 e. The first-order chi connectivity index (χ1) is 16.8. The Hall–Kier alpha value is -2.21. The van der Waals surface area contributed by atoms with E-state index in [9.17, 15) is 23.7 Å². The molecule has 3 atom stereocenters. The number of sulfone groups is 1. The summed E-state index contributed by atoms with van der Waals surface area (Å²) in [6.07, 6.45) is 1.14. The summed E-state index contributed by atoms with van der Waals surface area (Å²) in [6, 6.07) is 9.32. The summed E-state index contributed by atoms with van der Waals surface area (Å²) in [4.78, 5) is 0.149. The molecule has 1 saturated heterocycles. The van der Waals surface area contributed by atoms with Crippen LogP contribution in [0.1, 0.15) is 55.1 Å². The fourth-order valence-corrected chi connectivity index (χ4v) is 5.20. The number of phenolic OH excluding ortho intramolecular Hbond substituents is 1. The quantitative estimate of drug-likeness (QED) is 0.301. The lowest BCUT2D eigenvalue weighted by atomic mass is 10.0. The second-order valence-electron chi connectivity index (χ2n) is 8.58. The van der Waals surface area contributed by atoms with Crippen molar-refractivity contribution < 1.29 is 37.9 Å². The summed E-state index contributed by atoms with van der Waals surface area (Å²) < 4.78 is 41.9. The van der Waals surface area contributed by atoms with Gasteiger partial charge in [0.1, 0.15) is 11.5 Å². The molecule has 10 heteroatoms. The van der Waals surface area contributed by atoms with Crippen LogP contribution >= 0.6 is 0 Å². The zero-order valence-corrected chi connectivity index (χ0v) is 21.0. The van der Waals surface area contributed by atoms with E-state index in [4.69, 9.17) is 14.2 Å². The Labute approximate surface area is 206 Å². The molecule has 9 nitrogen and oxygen atoms in total. The van der Waals surface area contributed by atoms with E-state index in [0.29, 0.717) is 30.0 Å². The molecular formula is C25H35NO8S. The third-order valence-corrected chi connectivity index (χ3v) is 7.42. The molecule has 0 spiro atoms. The molecule has 2 aromatic carbocycles. The topological polar surface area (TPSA) is 135 Å². The first-order valence-corrected chi connectivity index (χ1v) is 13.4. The van der Waals surface area contributed by atoms with Gasteiger partial charge in [0, 0.05) is 25.3 Å². The number of aromatic hydroxyl groups is 1. The highest BCUT2D eigenvalue weighted by molar-refractivity contribution is 7.91. The van der Waals surface area contributed by atoms with Gasteiger partial charge < -0.3 is 34.8 Å². The molecule has 0 radical (unpaired) electrons. The molecule has 194 valence electrons. The number of hydrogen-bond donors (Lipinski definition) is 4. The fraction of sp³-hybridized carbons (Fsp3) is 0.520. The lowest BCUT2D eigenvalue weighted by Crippen LogP contribution is -2.30. The molecule has 0 saturated carbocycles. The number of phenols is 1. The molecule has 0 amide bonds. The van der Waals surface area contributed by atoms with E-state index in [1.165, 1.54) is 25.3 Å². The van der Waals surface area contributed by atoms with E-state index in [2.05, 4.69) is 5.32 Å². The Bertz CT molecular complexity index is 1080. The summed E-state index contributed by atoms with van der Waals surface area (Å²) in [5, 5.41) is 32.7. The maximum Gasteiger partial charge on any atom is 0.202 e. The fourth-order valence-electron chi connectivity index (χ4n) is 4.16. The molecular weight excluding hydrogens is 474 g/mol.